The molecule has 1 aliphatic carbocycles. The fourth-order valence-electron chi connectivity index (χ4n) is 4.94. The molecule has 0 spiro atoms. The summed E-state index contributed by atoms with van der Waals surface area (Å²) in [6.07, 6.45) is 4.36. The first-order chi connectivity index (χ1) is 17.8. The minimum absolute atomic E-state index is 0.0124. The first-order valence-corrected chi connectivity index (χ1v) is 12.1. The number of non-ortho nitro benzene ring substituents is 2. The van der Waals surface area contributed by atoms with Crippen LogP contribution in [0.4, 0.5) is 11.4 Å². The number of carbonyl (C=O) groups excluding carboxylic acids is 1. The molecule has 1 saturated carbocycles. The summed E-state index contributed by atoms with van der Waals surface area (Å²) in [4.78, 5) is 34.9. The summed E-state index contributed by atoms with van der Waals surface area (Å²) in [7, 11) is 0. The molecule has 1 amide bonds. The molecule has 186 valence electrons. The minimum Gasteiger partial charge on any atom is -0.267 e. The van der Waals surface area contributed by atoms with Gasteiger partial charge in [0.25, 0.3) is 17.3 Å². The van der Waals surface area contributed by atoms with Gasteiger partial charge in [-0.15, -0.1) is 0 Å². The van der Waals surface area contributed by atoms with E-state index in [4.69, 9.17) is 16.7 Å². The van der Waals surface area contributed by atoms with Crippen molar-refractivity contribution in [3.8, 4) is 0 Å². The fourth-order valence-corrected chi connectivity index (χ4v) is 5.13. The molecule has 0 bridgehead atoms. The molecule has 1 heterocycles. The largest absolute Gasteiger partial charge is 0.274 e. The van der Waals surface area contributed by atoms with Gasteiger partial charge in [0.2, 0.25) is 0 Å². The maximum absolute atomic E-state index is 13.6. The van der Waals surface area contributed by atoms with Gasteiger partial charge in [-0.1, -0.05) is 29.8 Å². The zero-order valence-electron chi connectivity index (χ0n) is 19.5. The van der Waals surface area contributed by atoms with E-state index in [1.54, 1.807) is 48.5 Å². The predicted molar refractivity (Wildman–Crippen MR) is 139 cm³/mol. The highest BCUT2D eigenvalue weighted by atomic mass is 35.5. The molecule has 9 nitrogen and oxygen atoms in total. The van der Waals surface area contributed by atoms with Gasteiger partial charge in [-0.05, 0) is 72.4 Å². The van der Waals surface area contributed by atoms with E-state index in [-0.39, 0.29) is 23.2 Å². The van der Waals surface area contributed by atoms with Crippen LogP contribution in [0.5, 0.6) is 0 Å². The third-order valence-electron chi connectivity index (χ3n) is 6.67. The van der Waals surface area contributed by atoms with Crippen LogP contribution in [0, 0.1) is 26.1 Å². The normalized spacial score (nSPS) is 19.9. The Hall–Kier alpha value is -4.37. The second-order valence-corrected chi connectivity index (χ2v) is 9.39. The molecule has 1 fully saturated rings. The van der Waals surface area contributed by atoms with Crippen LogP contribution in [0.2, 0.25) is 5.02 Å². The topological polar surface area (TPSA) is 119 Å². The van der Waals surface area contributed by atoms with E-state index in [1.807, 2.05) is 6.08 Å². The van der Waals surface area contributed by atoms with E-state index in [0.29, 0.717) is 10.6 Å². The molecule has 0 saturated heterocycles. The molecule has 37 heavy (non-hydrogen) atoms. The lowest BCUT2D eigenvalue weighted by atomic mass is 9.77. The summed E-state index contributed by atoms with van der Waals surface area (Å²) < 4.78 is 0. The molecular formula is C27H21ClN4O5. The standard InChI is InChI=1S/C27H21ClN4O5/c28-21-5-1-4-20(16-21)27(33)30-26(18-9-13-23(14-10-18)32(36)37)24-6-2-3-19(25(24)29-30)15-17-7-11-22(12-8-17)31(34)35/h1,4-5,7-16,24,26H,2-3,6H2/b19-15+/t24-,26-/m0/s1. The van der Waals surface area contributed by atoms with Crippen LogP contribution < -0.4 is 0 Å². The number of rotatable bonds is 5. The van der Waals surface area contributed by atoms with Gasteiger partial charge in [0, 0.05) is 40.8 Å². The average Bonchev–Trinajstić information content (AvgIpc) is 3.29. The average molecular weight is 517 g/mol. The number of benzene rings is 3. The molecule has 0 N–H and O–H groups in total. The smallest absolute Gasteiger partial charge is 0.267 e. The Morgan fingerprint density at radius 3 is 2.24 bits per heavy atom. The number of fused-ring (bicyclic) bond motifs is 1. The third-order valence-corrected chi connectivity index (χ3v) is 6.91. The van der Waals surface area contributed by atoms with Crippen molar-refractivity contribution in [2.75, 3.05) is 0 Å². The zero-order valence-corrected chi connectivity index (χ0v) is 20.2. The molecule has 5 rings (SSSR count). The van der Waals surface area contributed by atoms with Crippen molar-refractivity contribution < 1.29 is 14.6 Å². The lowest BCUT2D eigenvalue weighted by molar-refractivity contribution is -0.385. The van der Waals surface area contributed by atoms with Crippen molar-refractivity contribution in [3.05, 3.63) is 120 Å². The van der Waals surface area contributed by atoms with Gasteiger partial charge in [0.1, 0.15) is 0 Å². The van der Waals surface area contributed by atoms with Gasteiger partial charge in [-0.2, -0.15) is 5.10 Å². The van der Waals surface area contributed by atoms with Gasteiger partial charge >= 0.3 is 0 Å². The molecule has 0 unspecified atom stereocenters. The van der Waals surface area contributed by atoms with Gasteiger partial charge in [-0.25, -0.2) is 5.01 Å². The van der Waals surface area contributed by atoms with Crippen LogP contribution in [0.1, 0.15) is 46.8 Å². The highest BCUT2D eigenvalue weighted by Crippen LogP contribution is 2.45. The van der Waals surface area contributed by atoms with Crippen LogP contribution in [-0.4, -0.2) is 26.5 Å². The van der Waals surface area contributed by atoms with E-state index in [0.717, 1.165) is 41.7 Å². The fraction of sp³-hybridized carbons (Fsp3) is 0.185. The SMILES string of the molecule is O=C(c1cccc(Cl)c1)N1N=C2/C(=C/c3ccc([N+](=O)[O-])cc3)CCC[C@@H]2[C@@H]1c1ccc([N+](=O)[O-])cc1. The summed E-state index contributed by atoms with van der Waals surface area (Å²) in [6, 6.07) is 18.7. The van der Waals surface area contributed by atoms with Crippen molar-refractivity contribution in [2.24, 2.45) is 11.0 Å². The van der Waals surface area contributed by atoms with Gasteiger partial charge in [0.05, 0.1) is 21.6 Å². The minimum atomic E-state index is -0.457. The summed E-state index contributed by atoms with van der Waals surface area (Å²) in [5.74, 6) is -0.426. The van der Waals surface area contributed by atoms with E-state index >= 15 is 0 Å². The second-order valence-electron chi connectivity index (χ2n) is 8.96. The Balaban J connectivity index is 1.56. The molecular weight excluding hydrogens is 496 g/mol. The molecule has 2 atom stereocenters. The van der Waals surface area contributed by atoms with Gasteiger partial charge in [0.15, 0.2) is 0 Å². The molecule has 1 aliphatic heterocycles. The van der Waals surface area contributed by atoms with E-state index < -0.39 is 15.9 Å². The van der Waals surface area contributed by atoms with Crippen molar-refractivity contribution >= 4 is 40.7 Å². The van der Waals surface area contributed by atoms with Crippen molar-refractivity contribution in [2.45, 2.75) is 25.3 Å². The highest BCUT2D eigenvalue weighted by Gasteiger charge is 2.44. The lowest BCUT2D eigenvalue weighted by Gasteiger charge is -2.29. The van der Waals surface area contributed by atoms with Crippen molar-refractivity contribution in [1.82, 2.24) is 5.01 Å². The predicted octanol–water partition coefficient (Wildman–Crippen LogP) is 6.59. The number of amides is 1. The van der Waals surface area contributed by atoms with Gasteiger partial charge < -0.3 is 0 Å². The summed E-state index contributed by atoms with van der Waals surface area (Å²) in [5, 5.41) is 28.9. The Labute approximate surface area is 217 Å². The molecule has 3 aromatic carbocycles. The molecule has 0 radical (unpaired) electrons. The number of hydrogen-bond acceptors (Lipinski definition) is 6. The van der Waals surface area contributed by atoms with Gasteiger partial charge in [-0.3, -0.25) is 25.0 Å². The Morgan fingerprint density at radius 1 is 0.973 bits per heavy atom. The maximum atomic E-state index is 13.6. The number of carbonyl (C=O) groups is 1. The number of allylic oxidation sites excluding steroid dienone is 1. The Morgan fingerprint density at radius 2 is 1.62 bits per heavy atom. The second kappa shape index (κ2) is 9.94. The van der Waals surface area contributed by atoms with Crippen LogP contribution in [0.3, 0.4) is 0 Å². The first-order valence-electron chi connectivity index (χ1n) is 11.7. The van der Waals surface area contributed by atoms with Crippen LogP contribution in [0.25, 0.3) is 6.08 Å². The van der Waals surface area contributed by atoms with E-state index in [1.165, 1.54) is 29.3 Å². The van der Waals surface area contributed by atoms with Crippen LogP contribution >= 0.6 is 11.6 Å². The van der Waals surface area contributed by atoms with Crippen LogP contribution in [0.15, 0.2) is 83.5 Å². The highest BCUT2D eigenvalue weighted by molar-refractivity contribution is 6.31. The number of nitrogens with zero attached hydrogens (tertiary/aromatic N) is 4. The zero-order chi connectivity index (χ0) is 26.1. The van der Waals surface area contributed by atoms with E-state index in [9.17, 15) is 25.0 Å². The quantitative estimate of drug-likeness (QED) is 0.280. The first kappa shape index (κ1) is 24.3. The van der Waals surface area contributed by atoms with Crippen LogP contribution in [-0.2, 0) is 0 Å². The monoisotopic (exact) mass is 516 g/mol. The Kier molecular flexibility index (Phi) is 6.54. The summed E-state index contributed by atoms with van der Waals surface area (Å²) >= 11 is 6.14. The molecule has 0 aromatic heterocycles. The van der Waals surface area contributed by atoms with Crippen molar-refractivity contribution in [1.29, 1.82) is 0 Å². The van der Waals surface area contributed by atoms with Crippen molar-refractivity contribution in [3.63, 3.8) is 0 Å². The number of nitro benzene ring substituents is 2. The maximum Gasteiger partial charge on any atom is 0.274 e. The molecule has 3 aromatic rings. The summed E-state index contributed by atoms with van der Waals surface area (Å²) in [5.41, 5.74) is 3.67. The lowest BCUT2D eigenvalue weighted by Crippen LogP contribution is -2.31. The molecule has 2 aliphatic rings. The number of halogens is 1. The third kappa shape index (κ3) is 4.85. The summed E-state index contributed by atoms with van der Waals surface area (Å²) in [6.45, 7) is 0. The molecule has 10 heteroatoms. The number of hydrogen-bond donors (Lipinski definition) is 0. The number of nitro groups is 2. The van der Waals surface area contributed by atoms with E-state index in [2.05, 4.69) is 0 Å². The Bertz CT molecular complexity index is 1450. The number of hydrazone groups is 1.